The Morgan fingerprint density at radius 2 is 1.97 bits per heavy atom. The second-order valence-electron chi connectivity index (χ2n) is 9.99. The molecule has 10 nitrogen and oxygen atoms in total. The third-order valence-electron chi connectivity index (χ3n) is 7.78. The molecular formula is C28H31FN8O2. The molecule has 5 rings (SSSR count). The fourth-order valence-corrected chi connectivity index (χ4v) is 5.98. The predicted molar refractivity (Wildman–Crippen MR) is 140 cm³/mol. The second kappa shape index (κ2) is 11.3. The van der Waals surface area contributed by atoms with Gasteiger partial charge in [0.25, 0.3) is 5.91 Å². The molecule has 1 aliphatic carbocycles. The Kier molecular flexibility index (Phi) is 7.65. The maximum absolute atomic E-state index is 14.4. The lowest BCUT2D eigenvalue weighted by molar-refractivity contribution is -0.130. The Labute approximate surface area is 226 Å². The number of aromatic amines is 1. The number of fused-ring (bicyclic) bond motifs is 2. The summed E-state index contributed by atoms with van der Waals surface area (Å²) < 4.78 is 14.4. The molecule has 1 saturated heterocycles. The standard InChI is InChI=1S/C28H31FN8O2/c1-2-32-26(39)20-7-9-23-18(14-20)5-6-19-15-21(29)8-10-24(19)28(23,27-33-35-36-34-27)11-12-31-17-25(38)37-13-3-4-22(37)16-30/h7-10,14-15,22,31H,2-6,11-13,17H2,1H3,(H,32,39)(H,33,34,35,36). The molecule has 2 aliphatic rings. The van der Waals surface area contributed by atoms with E-state index < -0.39 is 5.41 Å². The summed E-state index contributed by atoms with van der Waals surface area (Å²) >= 11 is 0. The van der Waals surface area contributed by atoms with Gasteiger partial charge in [-0.05, 0) is 103 Å². The summed E-state index contributed by atoms with van der Waals surface area (Å²) in [5.41, 5.74) is 3.28. The van der Waals surface area contributed by atoms with Gasteiger partial charge in [0.2, 0.25) is 5.91 Å². The first kappa shape index (κ1) is 26.4. The Morgan fingerprint density at radius 1 is 1.21 bits per heavy atom. The summed E-state index contributed by atoms with van der Waals surface area (Å²) in [5.74, 6) is -0.0854. The smallest absolute Gasteiger partial charge is 0.251 e. The largest absolute Gasteiger partial charge is 0.352 e. The third kappa shape index (κ3) is 5.00. The van der Waals surface area contributed by atoms with Crippen molar-refractivity contribution >= 4 is 11.8 Å². The Hall–Kier alpha value is -4.17. The van der Waals surface area contributed by atoms with Gasteiger partial charge in [0.15, 0.2) is 5.82 Å². The van der Waals surface area contributed by atoms with E-state index in [-0.39, 0.29) is 30.2 Å². The minimum Gasteiger partial charge on any atom is -0.352 e. The van der Waals surface area contributed by atoms with E-state index in [4.69, 9.17) is 0 Å². The van der Waals surface area contributed by atoms with E-state index in [0.29, 0.717) is 56.7 Å². The molecule has 2 atom stereocenters. The molecule has 1 aromatic heterocycles. The maximum Gasteiger partial charge on any atom is 0.251 e. The molecule has 2 unspecified atom stereocenters. The van der Waals surface area contributed by atoms with Gasteiger partial charge >= 0.3 is 0 Å². The first-order valence-electron chi connectivity index (χ1n) is 13.3. The van der Waals surface area contributed by atoms with Crippen LogP contribution in [0.2, 0.25) is 0 Å². The van der Waals surface area contributed by atoms with Gasteiger partial charge in [-0.25, -0.2) is 9.49 Å². The number of nitriles is 1. The van der Waals surface area contributed by atoms with Crippen LogP contribution in [0.5, 0.6) is 0 Å². The SMILES string of the molecule is CCNC(=O)c1ccc2c(c1)CCc1cc(F)ccc1C2(CCNCC(=O)N1CCCC1C#N)c1nnn[nH]1. The van der Waals surface area contributed by atoms with Crippen LogP contribution in [0, 0.1) is 17.1 Å². The zero-order valence-electron chi connectivity index (χ0n) is 21.8. The predicted octanol–water partition coefficient (Wildman–Crippen LogP) is 2.02. The van der Waals surface area contributed by atoms with Crippen molar-refractivity contribution < 1.29 is 14.0 Å². The highest BCUT2D eigenvalue weighted by Gasteiger charge is 2.44. The van der Waals surface area contributed by atoms with Crippen molar-refractivity contribution in [1.82, 2.24) is 36.2 Å². The number of hydrogen-bond acceptors (Lipinski definition) is 7. The van der Waals surface area contributed by atoms with Crippen LogP contribution >= 0.6 is 0 Å². The van der Waals surface area contributed by atoms with Crippen molar-refractivity contribution in [2.24, 2.45) is 0 Å². The molecule has 1 fully saturated rings. The number of tetrazole rings is 1. The first-order valence-corrected chi connectivity index (χ1v) is 13.3. The number of halogens is 1. The second-order valence-corrected chi connectivity index (χ2v) is 9.99. The van der Waals surface area contributed by atoms with E-state index in [0.717, 1.165) is 28.7 Å². The molecule has 1 aliphatic heterocycles. The van der Waals surface area contributed by atoms with Crippen molar-refractivity contribution in [1.29, 1.82) is 5.26 Å². The molecule has 3 N–H and O–H groups in total. The zero-order valence-corrected chi connectivity index (χ0v) is 21.8. The van der Waals surface area contributed by atoms with E-state index in [1.807, 2.05) is 19.1 Å². The third-order valence-corrected chi connectivity index (χ3v) is 7.78. The summed E-state index contributed by atoms with van der Waals surface area (Å²) in [6, 6.07) is 12.2. The quantitative estimate of drug-likeness (QED) is 0.379. The van der Waals surface area contributed by atoms with Crippen LogP contribution in [-0.4, -0.2) is 69.6 Å². The lowest BCUT2D eigenvalue weighted by Gasteiger charge is -2.34. The number of nitrogens with zero attached hydrogens (tertiary/aromatic N) is 5. The van der Waals surface area contributed by atoms with Gasteiger partial charge in [-0.3, -0.25) is 9.59 Å². The minimum absolute atomic E-state index is 0.0994. The highest BCUT2D eigenvalue weighted by Crippen LogP contribution is 2.46. The van der Waals surface area contributed by atoms with Gasteiger partial charge in [-0.2, -0.15) is 5.26 Å². The molecule has 0 saturated carbocycles. The average Bonchev–Trinajstić information content (AvgIpc) is 3.63. The maximum atomic E-state index is 14.4. The lowest BCUT2D eigenvalue weighted by Crippen LogP contribution is -2.42. The molecular weight excluding hydrogens is 499 g/mol. The van der Waals surface area contributed by atoms with Crippen LogP contribution < -0.4 is 10.6 Å². The average molecular weight is 531 g/mol. The Morgan fingerprint density at radius 3 is 2.69 bits per heavy atom. The van der Waals surface area contributed by atoms with Crippen LogP contribution in [0.15, 0.2) is 36.4 Å². The number of H-pyrrole nitrogens is 1. The Bertz CT molecular complexity index is 1400. The normalized spacial score (nSPS) is 20.0. The lowest BCUT2D eigenvalue weighted by atomic mass is 9.69. The Balaban J connectivity index is 1.52. The van der Waals surface area contributed by atoms with E-state index in [9.17, 15) is 19.2 Å². The van der Waals surface area contributed by atoms with Crippen molar-refractivity contribution in [3.63, 3.8) is 0 Å². The van der Waals surface area contributed by atoms with Gasteiger partial charge in [-0.15, -0.1) is 5.10 Å². The molecule has 11 heteroatoms. The van der Waals surface area contributed by atoms with Crippen LogP contribution in [0.3, 0.4) is 0 Å². The van der Waals surface area contributed by atoms with Crippen molar-refractivity contribution in [2.75, 3.05) is 26.2 Å². The van der Waals surface area contributed by atoms with Crippen LogP contribution in [0.1, 0.15) is 64.6 Å². The molecule has 202 valence electrons. The number of hydrogen-bond donors (Lipinski definition) is 3. The summed E-state index contributed by atoms with van der Waals surface area (Å²) in [4.78, 5) is 27.1. The molecule has 2 heterocycles. The van der Waals surface area contributed by atoms with E-state index >= 15 is 0 Å². The van der Waals surface area contributed by atoms with Gasteiger partial charge in [0, 0.05) is 18.7 Å². The van der Waals surface area contributed by atoms with Gasteiger partial charge in [-0.1, -0.05) is 12.1 Å². The van der Waals surface area contributed by atoms with Crippen molar-refractivity contribution in [3.05, 3.63) is 75.9 Å². The number of carbonyl (C=O) groups excluding carboxylic acids is 2. The molecule has 2 amide bonds. The fraction of sp³-hybridized carbons (Fsp3) is 0.429. The number of aryl methyl sites for hydroxylation is 2. The van der Waals surface area contributed by atoms with Gasteiger partial charge in [0.05, 0.1) is 18.0 Å². The topological polar surface area (TPSA) is 140 Å². The van der Waals surface area contributed by atoms with E-state index in [2.05, 4.69) is 37.3 Å². The monoisotopic (exact) mass is 530 g/mol. The van der Waals surface area contributed by atoms with Crippen LogP contribution in [0.25, 0.3) is 0 Å². The van der Waals surface area contributed by atoms with Gasteiger partial charge < -0.3 is 15.5 Å². The molecule has 0 spiro atoms. The number of rotatable bonds is 8. The summed E-state index contributed by atoms with van der Waals surface area (Å²) in [6.45, 7) is 3.50. The van der Waals surface area contributed by atoms with Crippen molar-refractivity contribution in [2.45, 2.75) is 50.5 Å². The minimum atomic E-state index is -0.878. The van der Waals surface area contributed by atoms with Crippen LogP contribution in [-0.2, 0) is 23.1 Å². The fourth-order valence-electron chi connectivity index (χ4n) is 5.98. The number of carbonyl (C=O) groups is 2. The number of nitrogens with one attached hydrogen (secondary N) is 3. The summed E-state index contributed by atoms with van der Waals surface area (Å²) in [7, 11) is 0. The van der Waals surface area contributed by atoms with E-state index in [1.54, 1.807) is 23.1 Å². The molecule has 2 aromatic carbocycles. The highest BCUT2D eigenvalue weighted by atomic mass is 19.1. The van der Waals surface area contributed by atoms with Crippen LogP contribution in [0.4, 0.5) is 4.39 Å². The summed E-state index contributed by atoms with van der Waals surface area (Å²) in [5, 5.41) is 30.5. The summed E-state index contributed by atoms with van der Waals surface area (Å²) in [6.07, 6.45) is 3.18. The van der Waals surface area contributed by atoms with Crippen molar-refractivity contribution in [3.8, 4) is 6.07 Å². The number of benzene rings is 2. The highest BCUT2D eigenvalue weighted by molar-refractivity contribution is 5.94. The molecule has 0 radical (unpaired) electrons. The zero-order chi connectivity index (χ0) is 27.4. The van der Waals surface area contributed by atoms with E-state index in [1.165, 1.54) is 6.07 Å². The first-order chi connectivity index (χ1) is 19.0. The molecule has 3 aromatic rings. The number of amides is 2. The molecule has 0 bridgehead atoms. The van der Waals surface area contributed by atoms with Gasteiger partial charge in [0.1, 0.15) is 11.9 Å². The number of likely N-dealkylation sites (tertiary alicyclic amines) is 1. The molecule has 39 heavy (non-hydrogen) atoms. The number of aromatic nitrogens is 4.